The number of halogens is 2. The average Bonchev–Trinajstić information content (AvgIpc) is 2.19. The molecule has 1 aromatic carbocycles. The van der Waals surface area contributed by atoms with E-state index >= 15 is 0 Å². The fourth-order valence-electron chi connectivity index (χ4n) is 1.83. The number of hydrogen-bond donors (Lipinski definition) is 1. The summed E-state index contributed by atoms with van der Waals surface area (Å²) in [6, 6.07) is 8.85. The Morgan fingerprint density at radius 3 is 2.53 bits per heavy atom. The van der Waals surface area contributed by atoms with Crippen LogP contribution in [0.4, 0.5) is 5.69 Å². The molecule has 1 heterocycles. The molecule has 0 spiro atoms. The van der Waals surface area contributed by atoms with Crippen LogP contribution in [0.15, 0.2) is 28.7 Å². The fourth-order valence-corrected chi connectivity index (χ4v) is 2.22. The van der Waals surface area contributed by atoms with Crippen molar-refractivity contribution in [1.82, 2.24) is 0 Å². The molecule has 0 radical (unpaired) electrons. The standard InChI is InChI=1S/C11H15BrN2.ClH/c12-9-2-1-3-11(8-9)14-6-4-10(13)5-7-14;/h1-3,8,10H,4-7,13H2;1H. The SMILES string of the molecule is Cl.NC1CCN(c2cccc(Br)c2)CC1. The van der Waals surface area contributed by atoms with Crippen molar-refractivity contribution in [3.8, 4) is 0 Å². The molecule has 0 bridgehead atoms. The van der Waals surface area contributed by atoms with Crippen molar-refractivity contribution in [1.29, 1.82) is 0 Å². The average molecular weight is 292 g/mol. The number of rotatable bonds is 1. The van der Waals surface area contributed by atoms with Crippen molar-refractivity contribution >= 4 is 34.0 Å². The summed E-state index contributed by atoms with van der Waals surface area (Å²) in [7, 11) is 0. The molecule has 0 atom stereocenters. The number of nitrogens with two attached hydrogens (primary N) is 1. The first-order chi connectivity index (χ1) is 6.75. The largest absolute Gasteiger partial charge is 0.371 e. The molecule has 0 amide bonds. The van der Waals surface area contributed by atoms with Crippen LogP contribution in [-0.2, 0) is 0 Å². The van der Waals surface area contributed by atoms with Gasteiger partial charge in [-0.25, -0.2) is 0 Å². The van der Waals surface area contributed by atoms with Crippen molar-refractivity contribution in [2.24, 2.45) is 5.73 Å². The molecule has 0 aromatic heterocycles. The predicted octanol–water partition coefficient (Wildman–Crippen LogP) is 2.80. The summed E-state index contributed by atoms with van der Waals surface area (Å²) in [4.78, 5) is 2.40. The molecule has 0 aliphatic carbocycles. The Hall–Kier alpha value is -0.250. The Bertz CT molecular complexity index is 311. The molecule has 1 fully saturated rings. The molecule has 0 saturated carbocycles. The van der Waals surface area contributed by atoms with Gasteiger partial charge in [-0.3, -0.25) is 0 Å². The normalized spacial score (nSPS) is 17.3. The van der Waals surface area contributed by atoms with E-state index in [0.29, 0.717) is 6.04 Å². The lowest BCUT2D eigenvalue weighted by Crippen LogP contribution is -2.39. The lowest BCUT2D eigenvalue weighted by molar-refractivity contribution is 0.501. The summed E-state index contributed by atoms with van der Waals surface area (Å²) < 4.78 is 1.14. The van der Waals surface area contributed by atoms with Crippen LogP contribution in [0.1, 0.15) is 12.8 Å². The van der Waals surface area contributed by atoms with Crippen LogP contribution in [0.3, 0.4) is 0 Å². The van der Waals surface area contributed by atoms with E-state index in [1.54, 1.807) is 0 Å². The van der Waals surface area contributed by atoms with Crippen LogP contribution >= 0.6 is 28.3 Å². The minimum absolute atomic E-state index is 0. The van der Waals surface area contributed by atoms with E-state index in [4.69, 9.17) is 5.73 Å². The third kappa shape index (κ3) is 3.37. The highest BCUT2D eigenvalue weighted by Crippen LogP contribution is 2.22. The highest BCUT2D eigenvalue weighted by Gasteiger charge is 2.15. The summed E-state index contributed by atoms with van der Waals surface area (Å²) in [5.41, 5.74) is 7.17. The second-order valence-electron chi connectivity index (χ2n) is 3.80. The maximum Gasteiger partial charge on any atom is 0.0377 e. The highest BCUT2D eigenvalue weighted by molar-refractivity contribution is 9.10. The van der Waals surface area contributed by atoms with Gasteiger partial charge in [0, 0.05) is 29.3 Å². The molecular formula is C11H16BrClN2. The lowest BCUT2D eigenvalue weighted by atomic mass is 10.1. The highest BCUT2D eigenvalue weighted by atomic mass is 79.9. The van der Waals surface area contributed by atoms with Crippen LogP contribution in [0.25, 0.3) is 0 Å². The Kier molecular flexibility index (Phi) is 4.90. The molecule has 0 unspecified atom stereocenters. The Balaban J connectivity index is 0.00000112. The number of nitrogens with zero attached hydrogens (tertiary/aromatic N) is 1. The molecule has 2 nitrogen and oxygen atoms in total. The van der Waals surface area contributed by atoms with Gasteiger partial charge in [0.25, 0.3) is 0 Å². The van der Waals surface area contributed by atoms with Crippen LogP contribution in [0.2, 0.25) is 0 Å². The summed E-state index contributed by atoms with van der Waals surface area (Å²) in [6.07, 6.45) is 2.21. The molecule has 1 aromatic rings. The van der Waals surface area contributed by atoms with E-state index in [0.717, 1.165) is 30.4 Å². The van der Waals surface area contributed by atoms with Crippen molar-refractivity contribution in [3.05, 3.63) is 28.7 Å². The first kappa shape index (κ1) is 12.8. The van der Waals surface area contributed by atoms with Crippen LogP contribution in [-0.4, -0.2) is 19.1 Å². The van der Waals surface area contributed by atoms with E-state index in [9.17, 15) is 0 Å². The molecule has 1 aliphatic rings. The minimum atomic E-state index is 0. The molecule has 1 saturated heterocycles. The van der Waals surface area contributed by atoms with Crippen molar-refractivity contribution in [3.63, 3.8) is 0 Å². The monoisotopic (exact) mass is 290 g/mol. The van der Waals surface area contributed by atoms with Crippen molar-refractivity contribution in [2.75, 3.05) is 18.0 Å². The maximum atomic E-state index is 5.87. The van der Waals surface area contributed by atoms with Crippen molar-refractivity contribution in [2.45, 2.75) is 18.9 Å². The smallest absolute Gasteiger partial charge is 0.0377 e. The predicted molar refractivity (Wildman–Crippen MR) is 70.8 cm³/mol. The lowest BCUT2D eigenvalue weighted by Gasteiger charge is -2.32. The van der Waals surface area contributed by atoms with Crippen molar-refractivity contribution < 1.29 is 0 Å². The summed E-state index contributed by atoms with van der Waals surface area (Å²) in [6.45, 7) is 2.16. The van der Waals surface area contributed by atoms with Gasteiger partial charge in [0.15, 0.2) is 0 Å². The summed E-state index contributed by atoms with van der Waals surface area (Å²) in [5.74, 6) is 0. The van der Waals surface area contributed by atoms with E-state index in [2.05, 4.69) is 45.1 Å². The second-order valence-corrected chi connectivity index (χ2v) is 4.72. The van der Waals surface area contributed by atoms with Crippen LogP contribution in [0.5, 0.6) is 0 Å². The van der Waals surface area contributed by atoms with Crippen LogP contribution in [0, 0.1) is 0 Å². The number of anilines is 1. The second kappa shape index (κ2) is 5.73. The van der Waals surface area contributed by atoms with Gasteiger partial charge in [-0.2, -0.15) is 0 Å². The van der Waals surface area contributed by atoms with Gasteiger partial charge in [0.05, 0.1) is 0 Å². The van der Waals surface area contributed by atoms with Gasteiger partial charge in [-0.05, 0) is 31.0 Å². The zero-order valence-corrected chi connectivity index (χ0v) is 10.9. The van der Waals surface area contributed by atoms with Crippen LogP contribution < -0.4 is 10.6 Å². The topological polar surface area (TPSA) is 29.3 Å². The summed E-state index contributed by atoms with van der Waals surface area (Å²) in [5, 5.41) is 0. The Morgan fingerprint density at radius 2 is 1.93 bits per heavy atom. The number of piperidine rings is 1. The molecular weight excluding hydrogens is 275 g/mol. The van der Waals surface area contributed by atoms with Gasteiger partial charge < -0.3 is 10.6 Å². The van der Waals surface area contributed by atoms with Gasteiger partial charge in [0.1, 0.15) is 0 Å². The van der Waals surface area contributed by atoms with Gasteiger partial charge in [-0.1, -0.05) is 22.0 Å². The third-order valence-corrected chi connectivity index (χ3v) is 3.21. The van der Waals surface area contributed by atoms with E-state index in [-0.39, 0.29) is 12.4 Å². The first-order valence-electron chi connectivity index (χ1n) is 5.02. The third-order valence-electron chi connectivity index (χ3n) is 2.71. The maximum absolute atomic E-state index is 5.87. The Labute approximate surface area is 105 Å². The first-order valence-corrected chi connectivity index (χ1v) is 5.81. The van der Waals surface area contributed by atoms with Gasteiger partial charge in [0.2, 0.25) is 0 Å². The van der Waals surface area contributed by atoms with E-state index in [1.807, 2.05) is 0 Å². The molecule has 2 rings (SSSR count). The zero-order valence-electron chi connectivity index (χ0n) is 8.53. The van der Waals surface area contributed by atoms with E-state index < -0.39 is 0 Å². The molecule has 2 N–H and O–H groups in total. The molecule has 4 heteroatoms. The molecule has 15 heavy (non-hydrogen) atoms. The van der Waals surface area contributed by atoms with Gasteiger partial charge >= 0.3 is 0 Å². The molecule has 84 valence electrons. The molecule has 1 aliphatic heterocycles. The number of benzene rings is 1. The van der Waals surface area contributed by atoms with E-state index in [1.165, 1.54) is 5.69 Å². The van der Waals surface area contributed by atoms with Gasteiger partial charge in [-0.15, -0.1) is 12.4 Å². The summed E-state index contributed by atoms with van der Waals surface area (Å²) >= 11 is 3.49. The Morgan fingerprint density at radius 1 is 1.27 bits per heavy atom. The number of hydrogen-bond acceptors (Lipinski definition) is 2. The quantitative estimate of drug-likeness (QED) is 0.862. The zero-order chi connectivity index (χ0) is 9.97. The minimum Gasteiger partial charge on any atom is -0.371 e. The fraction of sp³-hybridized carbons (Fsp3) is 0.455.